The van der Waals surface area contributed by atoms with Gasteiger partial charge in [-0.25, -0.2) is 9.97 Å². The Bertz CT molecular complexity index is 834. The lowest BCUT2D eigenvalue weighted by Gasteiger charge is -2.25. The molecule has 5 nitrogen and oxygen atoms in total. The maximum Gasteiger partial charge on any atom is 0.141 e. The van der Waals surface area contributed by atoms with Gasteiger partial charge in [-0.05, 0) is 32.3 Å². The number of aryl methyl sites for hydroxylation is 3. The normalized spacial score (nSPS) is 18.5. The van der Waals surface area contributed by atoms with E-state index in [-0.39, 0.29) is 0 Å². The first-order chi connectivity index (χ1) is 10.6. The molecule has 4 heterocycles. The standard InChI is InChI=1S/C16H19N5S/c1-10-11(2)22-16-14(10)15(17-9-18-16)21-6-4-5-13(21)12-7-19-20(3)8-12/h7-9,13H,4-6H2,1-3H3/t13-/m1/s1. The summed E-state index contributed by atoms with van der Waals surface area (Å²) < 4.78 is 1.88. The van der Waals surface area contributed by atoms with Crippen LogP contribution >= 0.6 is 11.3 Å². The van der Waals surface area contributed by atoms with Crippen molar-refractivity contribution >= 4 is 27.4 Å². The number of anilines is 1. The second kappa shape index (κ2) is 5.05. The van der Waals surface area contributed by atoms with Crippen molar-refractivity contribution in [2.45, 2.75) is 32.7 Å². The van der Waals surface area contributed by atoms with Gasteiger partial charge in [0, 0.05) is 30.2 Å². The highest BCUT2D eigenvalue weighted by Crippen LogP contribution is 2.41. The van der Waals surface area contributed by atoms with E-state index in [1.165, 1.54) is 27.8 Å². The van der Waals surface area contributed by atoms with Crippen LogP contribution in [0.3, 0.4) is 0 Å². The van der Waals surface area contributed by atoms with Crippen molar-refractivity contribution in [3.8, 4) is 0 Å². The van der Waals surface area contributed by atoms with E-state index < -0.39 is 0 Å². The van der Waals surface area contributed by atoms with Gasteiger partial charge in [0.05, 0.1) is 17.6 Å². The lowest BCUT2D eigenvalue weighted by atomic mass is 10.1. The Hall–Kier alpha value is -1.95. The minimum absolute atomic E-state index is 0.367. The molecular formula is C16H19N5S. The SMILES string of the molecule is Cc1sc2ncnc(N3CCC[C@@H]3c3cnn(C)c3)c2c1C. The average Bonchev–Trinajstić information content (AvgIpc) is 3.19. The van der Waals surface area contributed by atoms with E-state index in [0.717, 1.165) is 23.6 Å². The van der Waals surface area contributed by atoms with Crippen LogP contribution in [0.1, 0.15) is 34.9 Å². The largest absolute Gasteiger partial charge is 0.349 e. The summed E-state index contributed by atoms with van der Waals surface area (Å²) in [7, 11) is 1.97. The molecule has 114 valence electrons. The van der Waals surface area contributed by atoms with Crippen LogP contribution in [0.4, 0.5) is 5.82 Å². The second-order valence-corrected chi connectivity index (χ2v) is 7.16. The van der Waals surface area contributed by atoms with E-state index >= 15 is 0 Å². The highest BCUT2D eigenvalue weighted by atomic mass is 32.1. The smallest absolute Gasteiger partial charge is 0.141 e. The van der Waals surface area contributed by atoms with E-state index in [4.69, 9.17) is 0 Å². The van der Waals surface area contributed by atoms with E-state index in [9.17, 15) is 0 Å². The summed E-state index contributed by atoms with van der Waals surface area (Å²) in [6.07, 6.45) is 8.14. The molecule has 3 aromatic heterocycles. The van der Waals surface area contributed by atoms with Gasteiger partial charge in [-0.15, -0.1) is 11.3 Å². The quantitative estimate of drug-likeness (QED) is 0.727. The topological polar surface area (TPSA) is 46.8 Å². The third kappa shape index (κ3) is 2.01. The molecule has 0 bridgehead atoms. The fourth-order valence-electron chi connectivity index (χ4n) is 3.36. The van der Waals surface area contributed by atoms with Gasteiger partial charge in [-0.3, -0.25) is 4.68 Å². The summed E-state index contributed by atoms with van der Waals surface area (Å²) in [5, 5.41) is 5.56. The van der Waals surface area contributed by atoms with Crippen LogP contribution in [-0.2, 0) is 7.05 Å². The van der Waals surface area contributed by atoms with Crippen molar-refractivity contribution in [2.75, 3.05) is 11.4 Å². The molecule has 0 spiro atoms. The molecule has 1 aliphatic rings. The Labute approximate surface area is 133 Å². The number of rotatable bonds is 2. The third-order valence-electron chi connectivity index (χ3n) is 4.58. The molecule has 0 N–H and O–H groups in total. The zero-order valence-electron chi connectivity index (χ0n) is 13.1. The molecule has 0 radical (unpaired) electrons. The molecule has 22 heavy (non-hydrogen) atoms. The monoisotopic (exact) mass is 313 g/mol. The van der Waals surface area contributed by atoms with Crippen LogP contribution in [0, 0.1) is 13.8 Å². The Balaban J connectivity index is 1.84. The summed E-state index contributed by atoms with van der Waals surface area (Å²) in [5.74, 6) is 1.08. The zero-order chi connectivity index (χ0) is 15.3. The van der Waals surface area contributed by atoms with Gasteiger partial charge in [0.2, 0.25) is 0 Å². The fraction of sp³-hybridized carbons (Fsp3) is 0.438. The molecule has 6 heteroatoms. The molecular weight excluding hydrogens is 294 g/mol. The van der Waals surface area contributed by atoms with Crippen LogP contribution in [-0.4, -0.2) is 26.3 Å². The van der Waals surface area contributed by atoms with E-state index in [1.807, 2.05) is 17.9 Å². The molecule has 0 aromatic carbocycles. The van der Waals surface area contributed by atoms with E-state index in [2.05, 4.69) is 40.0 Å². The first-order valence-corrected chi connectivity index (χ1v) is 8.42. The number of aromatic nitrogens is 4. The molecule has 1 fully saturated rings. The van der Waals surface area contributed by atoms with E-state index in [1.54, 1.807) is 17.7 Å². The summed E-state index contributed by atoms with van der Waals surface area (Å²) in [5.41, 5.74) is 2.59. The summed E-state index contributed by atoms with van der Waals surface area (Å²) in [6.45, 7) is 5.38. The maximum absolute atomic E-state index is 4.64. The van der Waals surface area contributed by atoms with Crippen molar-refractivity contribution in [3.63, 3.8) is 0 Å². The molecule has 3 aromatic rings. The number of hydrogen-bond donors (Lipinski definition) is 0. The highest BCUT2D eigenvalue weighted by Gasteiger charge is 2.30. The van der Waals surface area contributed by atoms with Gasteiger partial charge in [-0.2, -0.15) is 5.10 Å². The zero-order valence-corrected chi connectivity index (χ0v) is 13.9. The molecule has 0 amide bonds. The lowest BCUT2D eigenvalue weighted by molar-refractivity contribution is 0.709. The van der Waals surface area contributed by atoms with Gasteiger partial charge in [0.15, 0.2) is 0 Å². The second-order valence-electron chi connectivity index (χ2n) is 5.96. The van der Waals surface area contributed by atoms with Crippen molar-refractivity contribution in [1.29, 1.82) is 0 Å². The molecule has 4 rings (SSSR count). The number of nitrogens with zero attached hydrogens (tertiary/aromatic N) is 5. The van der Waals surface area contributed by atoms with Gasteiger partial charge in [-0.1, -0.05) is 0 Å². The Kier molecular flexibility index (Phi) is 3.14. The first kappa shape index (κ1) is 13.7. The molecule has 1 aliphatic heterocycles. The predicted octanol–water partition coefficient (Wildman–Crippen LogP) is 3.38. The third-order valence-corrected chi connectivity index (χ3v) is 5.70. The van der Waals surface area contributed by atoms with Crippen molar-refractivity contribution in [3.05, 3.63) is 34.7 Å². The number of fused-ring (bicyclic) bond motifs is 1. The molecule has 0 aliphatic carbocycles. The lowest BCUT2D eigenvalue weighted by Crippen LogP contribution is -2.23. The molecule has 1 atom stereocenters. The average molecular weight is 313 g/mol. The number of thiophene rings is 1. The van der Waals surface area contributed by atoms with E-state index in [0.29, 0.717) is 6.04 Å². The first-order valence-electron chi connectivity index (χ1n) is 7.61. The summed E-state index contributed by atoms with van der Waals surface area (Å²) >= 11 is 1.76. The Morgan fingerprint density at radius 2 is 2.14 bits per heavy atom. The van der Waals surface area contributed by atoms with Crippen LogP contribution in [0.5, 0.6) is 0 Å². The minimum atomic E-state index is 0.367. The highest BCUT2D eigenvalue weighted by molar-refractivity contribution is 7.18. The predicted molar refractivity (Wildman–Crippen MR) is 89.4 cm³/mol. The van der Waals surface area contributed by atoms with Gasteiger partial charge in [0.1, 0.15) is 17.0 Å². The van der Waals surface area contributed by atoms with Crippen LogP contribution < -0.4 is 4.90 Å². The van der Waals surface area contributed by atoms with Crippen molar-refractivity contribution in [2.24, 2.45) is 7.05 Å². The number of hydrogen-bond acceptors (Lipinski definition) is 5. The van der Waals surface area contributed by atoms with Crippen LogP contribution in [0.15, 0.2) is 18.7 Å². The van der Waals surface area contributed by atoms with Gasteiger partial charge >= 0.3 is 0 Å². The molecule has 1 saturated heterocycles. The Morgan fingerprint density at radius 1 is 1.27 bits per heavy atom. The maximum atomic E-state index is 4.64. The Morgan fingerprint density at radius 3 is 2.91 bits per heavy atom. The minimum Gasteiger partial charge on any atom is -0.349 e. The van der Waals surface area contributed by atoms with Crippen LogP contribution in [0.2, 0.25) is 0 Å². The molecule has 0 saturated carbocycles. The van der Waals surface area contributed by atoms with Crippen molar-refractivity contribution < 1.29 is 0 Å². The molecule has 0 unspecified atom stereocenters. The summed E-state index contributed by atoms with van der Waals surface area (Å²) in [4.78, 5) is 14.0. The van der Waals surface area contributed by atoms with Crippen LogP contribution in [0.25, 0.3) is 10.2 Å². The summed E-state index contributed by atoms with van der Waals surface area (Å²) in [6, 6.07) is 0.367. The van der Waals surface area contributed by atoms with Gasteiger partial charge < -0.3 is 4.90 Å². The van der Waals surface area contributed by atoms with Gasteiger partial charge in [0.25, 0.3) is 0 Å². The fourth-order valence-corrected chi connectivity index (χ4v) is 4.35. The van der Waals surface area contributed by atoms with Crippen molar-refractivity contribution in [1.82, 2.24) is 19.7 Å².